The van der Waals surface area contributed by atoms with Gasteiger partial charge >= 0.3 is 0 Å². The van der Waals surface area contributed by atoms with Gasteiger partial charge in [-0.2, -0.15) is 0 Å². The van der Waals surface area contributed by atoms with Gasteiger partial charge < -0.3 is 10.1 Å². The van der Waals surface area contributed by atoms with Gasteiger partial charge in [0.05, 0.1) is 29.7 Å². The van der Waals surface area contributed by atoms with Crippen LogP contribution in [0, 0.1) is 17.0 Å². The number of sulfonamides is 1. The fraction of sp³-hybridized carbons (Fsp3) is 0.278. The number of carbonyl (C=O) groups is 1. The topological polar surface area (TPSA) is 119 Å². The van der Waals surface area contributed by atoms with Crippen molar-refractivity contribution in [1.82, 2.24) is 0 Å². The first-order valence-corrected chi connectivity index (χ1v) is 10.1. The summed E-state index contributed by atoms with van der Waals surface area (Å²) in [6.45, 7) is 3.24. The average molecular weight is 407 g/mol. The van der Waals surface area contributed by atoms with Crippen molar-refractivity contribution in [1.29, 1.82) is 0 Å². The molecule has 0 spiro atoms. The summed E-state index contributed by atoms with van der Waals surface area (Å²) in [5.41, 5.74) is 1.02. The van der Waals surface area contributed by atoms with Gasteiger partial charge in [-0.15, -0.1) is 0 Å². The van der Waals surface area contributed by atoms with Crippen molar-refractivity contribution in [3.05, 3.63) is 58.1 Å². The van der Waals surface area contributed by atoms with Gasteiger partial charge in [0.15, 0.2) is 0 Å². The fourth-order valence-electron chi connectivity index (χ4n) is 2.72. The zero-order valence-electron chi connectivity index (χ0n) is 15.9. The molecule has 28 heavy (non-hydrogen) atoms. The molecule has 0 aromatic heterocycles. The Kier molecular flexibility index (Phi) is 6.24. The number of ether oxygens (including phenoxy) is 1. The molecule has 150 valence electrons. The van der Waals surface area contributed by atoms with E-state index in [9.17, 15) is 23.3 Å². The van der Waals surface area contributed by atoms with E-state index in [-0.39, 0.29) is 17.1 Å². The molecule has 0 heterocycles. The fourth-order valence-corrected chi connectivity index (χ4v) is 3.88. The molecule has 0 radical (unpaired) electrons. The number of rotatable bonds is 7. The number of hydrogen-bond donors (Lipinski definition) is 1. The molecular weight excluding hydrogens is 386 g/mol. The second-order valence-corrected chi connectivity index (χ2v) is 8.06. The van der Waals surface area contributed by atoms with Gasteiger partial charge in [-0.05, 0) is 37.6 Å². The van der Waals surface area contributed by atoms with Gasteiger partial charge in [0, 0.05) is 12.1 Å². The molecular formula is C18H21N3O6S. The Hall–Kier alpha value is -3.14. The molecule has 2 aromatic rings. The van der Waals surface area contributed by atoms with Crippen LogP contribution in [0.1, 0.15) is 12.5 Å². The van der Waals surface area contributed by atoms with Crippen LogP contribution in [0.15, 0.2) is 42.5 Å². The third-order valence-corrected chi connectivity index (χ3v) is 5.24. The zero-order chi connectivity index (χ0) is 21.1. The maximum Gasteiger partial charge on any atom is 0.271 e. The number of nitrogens with zero attached hydrogens (tertiary/aromatic N) is 2. The summed E-state index contributed by atoms with van der Waals surface area (Å²) in [6, 6.07) is 9.38. The quantitative estimate of drug-likeness (QED) is 0.557. The Bertz CT molecular complexity index is 1010. The molecule has 0 aliphatic rings. The minimum absolute atomic E-state index is 0.0752. The molecule has 0 bridgehead atoms. The Morgan fingerprint density at radius 2 is 1.93 bits per heavy atom. The van der Waals surface area contributed by atoms with Crippen LogP contribution in [0.5, 0.6) is 5.75 Å². The Balaban J connectivity index is 2.39. The number of anilines is 2. The van der Waals surface area contributed by atoms with Gasteiger partial charge in [0.2, 0.25) is 15.9 Å². The van der Waals surface area contributed by atoms with Crippen molar-refractivity contribution >= 4 is 33.0 Å². The molecule has 1 amide bonds. The van der Waals surface area contributed by atoms with E-state index in [1.54, 1.807) is 18.2 Å². The smallest absolute Gasteiger partial charge is 0.271 e. The second kappa shape index (κ2) is 8.26. The van der Waals surface area contributed by atoms with Crippen LogP contribution in [-0.2, 0) is 14.8 Å². The lowest BCUT2D eigenvalue weighted by Crippen LogP contribution is -2.45. The van der Waals surface area contributed by atoms with E-state index in [2.05, 4.69) is 5.32 Å². The number of aryl methyl sites for hydroxylation is 1. The number of nitro groups is 1. The number of benzene rings is 2. The van der Waals surface area contributed by atoms with Crippen LogP contribution in [0.2, 0.25) is 0 Å². The lowest BCUT2D eigenvalue weighted by atomic mass is 10.2. The van der Waals surface area contributed by atoms with Crippen LogP contribution >= 0.6 is 0 Å². The number of carbonyl (C=O) groups excluding carboxylic acids is 1. The molecule has 2 aromatic carbocycles. The van der Waals surface area contributed by atoms with Gasteiger partial charge in [0.25, 0.3) is 5.69 Å². The molecule has 2 rings (SSSR count). The average Bonchev–Trinajstić information content (AvgIpc) is 2.60. The highest BCUT2D eigenvalue weighted by Crippen LogP contribution is 2.30. The lowest BCUT2D eigenvalue weighted by Gasteiger charge is -2.28. The molecule has 9 nitrogen and oxygen atoms in total. The summed E-state index contributed by atoms with van der Waals surface area (Å²) in [5, 5.41) is 13.5. The highest BCUT2D eigenvalue weighted by atomic mass is 32.2. The first-order valence-electron chi connectivity index (χ1n) is 8.24. The van der Waals surface area contributed by atoms with Gasteiger partial charge in [-0.25, -0.2) is 8.42 Å². The van der Waals surface area contributed by atoms with Crippen molar-refractivity contribution in [3.63, 3.8) is 0 Å². The number of nitrogens with one attached hydrogen (secondary N) is 1. The predicted molar refractivity (Wildman–Crippen MR) is 106 cm³/mol. The second-order valence-electron chi connectivity index (χ2n) is 6.20. The van der Waals surface area contributed by atoms with E-state index in [0.29, 0.717) is 5.69 Å². The van der Waals surface area contributed by atoms with Crippen LogP contribution in [0.3, 0.4) is 0 Å². The normalized spacial score (nSPS) is 12.1. The van der Waals surface area contributed by atoms with Gasteiger partial charge in [-0.3, -0.25) is 19.2 Å². The van der Waals surface area contributed by atoms with Crippen molar-refractivity contribution in [2.75, 3.05) is 23.0 Å². The molecule has 1 atom stereocenters. The Labute approximate surface area is 163 Å². The molecule has 0 unspecified atom stereocenters. The van der Waals surface area contributed by atoms with E-state index in [4.69, 9.17) is 4.74 Å². The molecule has 10 heteroatoms. The Morgan fingerprint density at radius 3 is 2.46 bits per heavy atom. The number of nitro benzene ring substituents is 1. The van der Waals surface area contributed by atoms with Crippen LogP contribution in [0.4, 0.5) is 17.1 Å². The Morgan fingerprint density at radius 1 is 1.25 bits per heavy atom. The lowest BCUT2D eigenvalue weighted by molar-refractivity contribution is -0.384. The third kappa shape index (κ3) is 4.77. The zero-order valence-corrected chi connectivity index (χ0v) is 16.7. The summed E-state index contributed by atoms with van der Waals surface area (Å²) in [5.74, 6) is -0.446. The third-order valence-electron chi connectivity index (χ3n) is 4.00. The largest absolute Gasteiger partial charge is 0.495 e. The number of methoxy groups -OCH3 is 1. The highest BCUT2D eigenvalue weighted by Gasteiger charge is 2.30. The number of amides is 1. The standard InChI is InChI=1S/C18H21N3O6S/c1-12-6-5-7-14(10-12)20(28(4,25)26)13(2)18(22)19-16-11-15(21(23)24)8-9-17(16)27-3/h5-11,13H,1-4H3,(H,19,22)/t13-/m1/s1. The first-order chi connectivity index (χ1) is 13.0. The maximum atomic E-state index is 12.8. The van der Waals surface area contributed by atoms with Crippen molar-refractivity contribution in [3.8, 4) is 5.75 Å². The maximum absolute atomic E-state index is 12.8. The van der Waals surface area contributed by atoms with Gasteiger partial charge in [-0.1, -0.05) is 12.1 Å². The summed E-state index contributed by atoms with van der Waals surface area (Å²) in [6.07, 6.45) is 1.01. The van der Waals surface area contributed by atoms with Crippen LogP contribution in [-0.4, -0.2) is 38.7 Å². The van der Waals surface area contributed by atoms with E-state index in [1.165, 1.54) is 26.2 Å². The first kappa shape index (κ1) is 21.2. The molecule has 0 saturated carbocycles. The van der Waals surface area contributed by atoms with E-state index < -0.39 is 26.9 Å². The molecule has 0 aliphatic heterocycles. The molecule has 0 saturated heterocycles. The number of hydrogen-bond acceptors (Lipinski definition) is 6. The minimum atomic E-state index is -3.78. The summed E-state index contributed by atoms with van der Waals surface area (Å²) in [7, 11) is -2.42. The predicted octanol–water partition coefficient (Wildman–Crippen LogP) is 2.71. The van der Waals surface area contributed by atoms with Gasteiger partial charge in [0.1, 0.15) is 11.8 Å². The number of non-ortho nitro benzene ring substituents is 1. The van der Waals surface area contributed by atoms with Crippen LogP contribution in [0.25, 0.3) is 0 Å². The molecule has 0 aliphatic carbocycles. The minimum Gasteiger partial charge on any atom is -0.495 e. The van der Waals surface area contributed by atoms with Crippen molar-refractivity contribution in [2.24, 2.45) is 0 Å². The monoisotopic (exact) mass is 407 g/mol. The van der Waals surface area contributed by atoms with E-state index in [1.807, 2.05) is 13.0 Å². The summed E-state index contributed by atoms with van der Waals surface area (Å²) < 4.78 is 30.8. The SMILES string of the molecule is COc1ccc([N+](=O)[O-])cc1NC(=O)[C@@H](C)N(c1cccc(C)c1)S(C)(=O)=O. The summed E-state index contributed by atoms with van der Waals surface area (Å²) >= 11 is 0. The van der Waals surface area contributed by atoms with Crippen molar-refractivity contribution in [2.45, 2.75) is 19.9 Å². The van der Waals surface area contributed by atoms with Crippen molar-refractivity contribution < 1.29 is 22.9 Å². The summed E-state index contributed by atoms with van der Waals surface area (Å²) in [4.78, 5) is 23.2. The highest BCUT2D eigenvalue weighted by molar-refractivity contribution is 7.92. The van der Waals surface area contributed by atoms with E-state index in [0.717, 1.165) is 22.2 Å². The van der Waals surface area contributed by atoms with E-state index >= 15 is 0 Å². The van der Waals surface area contributed by atoms with Crippen LogP contribution < -0.4 is 14.4 Å². The molecule has 0 fully saturated rings. The molecule has 1 N–H and O–H groups in total.